The number of aliphatic hydroxyl groups is 1. The van der Waals surface area contributed by atoms with Gasteiger partial charge >= 0.3 is 0 Å². The van der Waals surface area contributed by atoms with Crippen molar-refractivity contribution >= 4 is 9.84 Å². The standard InChI is InChI=1S/C15H24O3S/c1-3-15(16,11-8-12-19(17,18)4-2)13-14-9-6-5-7-10-14/h5-7,9-10,16H,3-4,8,11-13H2,1-2H3. The Morgan fingerprint density at radius 3 is 2.32 bits per heavy atom. The van der Waals surface area contributed by atoms with Crippen LogP contribution in [0, 0.1) is 0 Å². The van der Waals surface area contributed by atoms with E-state index in [0.29, 0.717) is 25.7 Å². The minimum Gasteiger partial charge on any atom is -0.390 e. The summed E-state index contributed by atoms with van der Waals surface area (Å²) in [5.74, 6) is 0.344. The molecule has 4 heteroatoms. The highest BCUT2D eigenvalue weighted by Gasteiger charge is 2.25. The van der Waals surface area contributed by atoms with Crippen LogP contribution in [0.2, 0.25) is 0 Å². The van der Waals surface area contributed by atoms with Crippen molar-refractivity contribution in [2.45, 2.75) is 45.1 Å². The zero-order valence-corrected chi connectivity index (χ0v) is 12.6. The fraction of sp³-hybridized carbons (Fsp3) is 0.600. The Labute approximate surface area is 116 Å². The molecule has 0 aliphatic heterocycles. The molecule has 0 heterocycles. The minimum atomic E-state index is -2.93. The van der Waals surface area contributed by atoms with Gasteiger partial charge in [-0.2, -0.15) is 0 Å². The smallest absolute Gasteiger partial charge is 0.150 e. The van der Waals surface area contributed by atoms with Gasteiger partial charge < -0.3 is 5.11 Å². The van der Waals surface area contributed by atoms with Gasteiger partial charge in [0.15, 0.2) is 0 Å². The predicted molar refractivity (Wildman–Crippen MR) is 78.9 cm³/mol. The lowest BCUT2D eigenvalue weighted by atomic mass is 9.88. The van der Waals surface area contributed by atoms with Gasteiger partial charge in [0.25, 0.3) is 0 Å². The van der Waals surface area contributed by atoms with Gasteiger partial charge in [-0.05, 0) is 24.8 Å². The fourth-order valence-electron chi connectivity index (χ4n) is 2.13. The molecule has 0 aliphatic rings. The Kier molecular flexibility index (Phi) is 6.01. The molecule has 0 amide bonds. The maximum absolute atomic E-state index is 11.5. The van der Waals surface area contributed by atoms with Crippen molar-refractivity contribution in [1.29, 1.82) is 0 Å². The first kappa shape index (κ1) is 16.2. The number of sulfone groups is 1. The van der Waals surface area contributed by atoms with E-state index in [1.807, 2.05) is 37.3 Å². The van der Waals surface area contributed by atoms with Crippen molar-refractivity contribution in [2.24, 2.45) is 0 Å². The van der Waals surface area contributed by atoms with Crippen molar-refractivity contribution in [3.8, 4) is 0 Å². The van der Waals surface area contributed by atoms with Crippen molar-refractivity contribution in [1.82, 2.24) is 0 Å². The van der Waals surface area contributed by atoms with E-state index in [1.165, 1.54) is 0 Å². The molecular weight excluding hydrogens is 260 g/mol. The van der Waals surface area contributed by atoms with E-state index in [-0.39, 0.29) is 11.5 Å². The van der Waals surface area contributed by atoms with E-state index in [0.717, 1.165) is 5.56 Å². The largest absolute Gasteiger partial charge is 0.390 e. The van der Waals surface area contributed by atoms with Crippen LogP contribution in [0.4, 0.5) is 0 Å². The lowest BCUT2D eigenvalue weighted by molar-refractivity contribution is 0.0273. The number of benzene rings is 1. The monoisotopic (exact) mass is 284 g/mol. The van der Waals surface area contributed by atoms with Crippen LogP contribution in [0.5, 0.6) is 0 Å². The third-order valence-corrected chi connectivity index (χ3v) is 5.36. The number of hydrogen-bond donors (Lipinski definition) is 1. The second-order valence-corrected chi connectivity index (χ2v) is 7.55. The van der Waals surface area contributed by atoms with Gasteiger partial charge in [0.05, 0.1) is 11.4 Å². The second kappa shape index (κ2) is 7.06. The Morgan fingerprint density at radius 1 is 1.16 bits per heavy atom. The van der Waals surface area contributed by atoms with E-state index in [4.69, 9.17) is 0 Å². The Balaban J connectivity index is 2.56. The topological polar surface area (TPSA) is 54.4 Å². The number of hydrogen-bond acceptors (Lipinski definition) is 3. The molecule has 1 N–H and O–H groups in total. The molecule has 108 valence electrons. The van der Waals surface area contributed by atoms with Crippen molar-refractivity contribution in [2.75, 3.05) is 11.5 Å². The Hall–Kier alpha value is -0.870. The zero-order valence-electron chi connectivity index (χ0n) is 11.8. The van der Waals surface area contributed by atoms with E-state index < -0.39 is 15.4 Å². The Morgan fingerprint density at radius 2 is 1.79 bits per heavy atom. The van der Waals surface area contributed by atoms with Crippen LogP contribution in [-0.4, -0.2) is 30.6 Å². The summed E-state index contributed by atoms with van der Waals surface area (Å²) in [7, 11) is -2.93. The van der Waals surface area contributed by atoms with Crippen LogP contribution in [0.1, 0.15) is 38.7 Å². The SMILES string of the molecule is CCC(O)(CCCS(=O)(=O)CC)Cc1ccccc1. The molecule has 3 nitrogen and oxygen atoms in total. The van der Waals surface area contributed by atoms with Gasteiger partial charge in [0.1, 0.15) is 9.84 Å². The molecular formula is C15H24O3S. The second-order valence-electron chi connectivity index (χ2n) is 5.08. The van der Waals surface area contributed by atoms with Gasteiger partial charge in [-0.1, -0.05) is 44.2 Å². The van der Waals surface area contributed by atoms with Crippen molar-refractivity contribution in [3.63, 3.8) is 0 Å². The van der Waals surface area contributed by atoms with E-state index in [9.17, 15) is 13.5 Å². The van der Waals surface area contributed by atoms with Crippen molar-refractivity contribution < 1.29 is 13.5 Å². The maximum Gasteiger partial charge on any atom is 0.150 e. The normalized spacial score (nSPS) is 15.1. The lowest BCUT2D eigenvalue weighted by Crippen LogP contribution is -2.31. The van der Waals surface area contributed by atoms with E-state index in [2.05, 4.69) is 0 Å². The van der Waals surface area contributed by atoms with Gasteiger partial charge in [0, 0.05) is 12.2 Å². The molecule has 0 aliphatic carbocycles. The molecule has 0 fully saturated rings. The van der Waals surface area contributed by atoms with Crippen LogP contribution in [0.25, 0.3) is 0 Å². The molecule has 0 aromatic heterocycles. The van der Waals surface area contributed by atoms with E-state index in [1.54, 1.807) is 6.92 Å². The van der Waals surface area contributed by atoms with Gasteiger partial charge in [-0.15, -0.1) is 0 Å². The van der Waals surface area contributed by atoms with Crippen LogP contribution >= 0.6 is 0 Å². The third-order valence-electron chi connectivity index (χ3n) is 3.57. The molecule has 1 atom stereocenters. The average molecular weight is 284 g/mol. The summed E-state index contributed by atoms with van der Waals surface area (Å²) in [6.45, 7) is 3.60. The summed E-state index contributed by atoms with van der Waals surface area (Å²) in [5, 5.41) is 10.5. The molecule has 1 rings (SSSR count). The molecule has 1 aromatic carbocycles. The minimum absolute atomic E-state index is 0.167. The highest BCUT2D eigenvalue weighted by molar-refractivity contribution is 7.91. The van der Waals surface area contributed by atoms with Gasteiger partial charge in [0.2, 0.25) is 0 Å². The predicted octanol–water partition coefficient (Wildman–Crippen LogP) is 2.59. The summed E-state index contributed by atoms with van der Waals surface area (Å²) in [6, 6.07) is 9.83. The van der Waals surface area contributed by atoms with E-state index >= 15 is 0 Å². The first-order valence-electron chi connectivity index (χ1n) is 6.87. The van der Waals surface area contributed by atoms with Crippen LogP contribution in [0.3, 0.4) is 0 Å². The Bertz CT molecular complexity index is 467. The summed E-state index contributed by atoms with van der Waals surface area (Å²) in [5.41, 5.74) is 0.287. The van der Waals surface area contributed by atoms with Crippen LogP contribution in [0.15, 0.2) is 30.3 Å². The average Bonchev–Trinajstić information content (AvgIpc) is 2.39. The molecule has 1 aromatic rings. The summed E-state index contributed by atoms with van der Waals surface area (Å²) in [6.07, 6.45) is 2.26. The highest BCUT2D eigenvalue weighted by Crippen LogP contribution is 2.23. The fourth-order valence-corrected chi connectivity index (χ4v) is 3.00. The van der Waals surface area contributed by atoms with Gasteiger partial charge in [-0.25, -0.2) is 8.42 Å². The zero-order chi connectivity index (χ0) is 14.4. The van der Waals surface area contributed by atoms with Crippen LogP contribution < -0.4 is 0 Å². The molecule has 0 saturated carbocycles. The molecule has 0 saturated heterocycles. The first-order valence-corrected chi connectivity index (χ1v) is 8.69. The number of rotatable bonds is 8. The third kappa shape index (κ3) is 5.74. The molecule has 0 bridgehead atoms. The maximum atomic E-state index is 11.5. The summed E-state index contributed by atoms with van der Waals surface area (Å²) in [4.78, 5) is 0. The first-order chi connectivity index (χ1) is 8.91. The molecule has 0 radical (unpaired) electrons. The lowest BCUT2D eigenvalue weighted by Gasteiger charge is -2.27. The summed E-state index contributed by atoms with van der Waals surface area (Å²) < 4.78 is 22.9. The van der Waals surface area contributed by atoms with Crippen LogP contribution in [-0.2, 0) is 16.3 Å². The van der Waals surface area contributed by atoms with Gasteiger partial charge in [-0.3, -0.25) is 0 Å². The quantitative estimate of drug-likeness (QED) is 0.798. The molecule has 0 spiro atoms. The molecule has 1 unspecified atom stereocenters. The molecule has 19 heavy (non-hydrogen) atoms. The highest BCUT2D eigenvalue weighted by atomic mass is 32.2. The summed E-state index contributed by atoms with van der Waals surface area (Å²) >= 11 is 0. The van der Waals surface area contributed by atoms with Crippen molar-refractivity contribution in [3.05, 3.63) is 35.9 Å².